The van der Waals surface area contributed by atoms with Crippen molar-refractivity contribution in [2.75, 3.05) is 0 Å². The molecule has 0 aliphatic heterocycles. The molecule has 0 amide bonds. The van der Waals surface area contributed by atoms with Crippen LogP contribution in [0.15, 0.2) is 68.1 Å². The molecule has 0 unspecified atom stereocenters. The van der Waals surface area contributed by atoms with E-state index in [2.05, 4.69) is 0 Å². The molecule has 1 nitrogen and oxygen atoms in total. The molecular formula is C12H10OS4W-4. The maximum absolute atomic E-state index is 4.85. The third-order valence-corrected chi connectivity index (χ3v) is 3.38. The standard InChI is InChI=1S/2C6H6S2.H2O.W/c2*7-5-3-1-2-4-6(5)8;;/h2*1-4,7-8H;1H2;/p-4. The second kappa shape index (κ2) is 10.9. The molecule has 0 atom stereocenters. The van der Waals surface area contributed by atoms with Gasteiger partial charge < -0.3 is 56.0 Å². The molecule has 0 heterocycles. The monoisotopic (exact) mass is 482 g/mol. The summed E-state index contributed by atoms with van der Waals surface area (Å²) in [7, 11) is 0. The van der Waals surface area contributed by atoms with Crippen molar-refractivity contribution in [1.29, 1.82) is 0 Å². The van der Waals surface area contributed by atoms with Gasteiger partial charge in [-0.15, -0.1) is 0 Å². The largest absolute Gasteiger partial charge is 0.781 e. The van der Waals surface area contributed by atoms with E-state index in [1.807, 2.05) is 48.5 Å². The molecule has 2 rings (SSSR count). The van der Waals surface area contributed by atoms with Crippen molar-refractivity contribution in [3.05, 3.63) is 48.5 Å². The van der Waals surface area contributed by atoms with Crippen LogP contribution in [-0.4, -0.2) is 5.48 Å². The molecule has 0 aliphatic rings. The topological polar surface area (TPSA) is 31.5 Å². The number of rotatable bonds is 0. The first kappa shape index (κ1) is 20.3. The molecule has 2 aromatic rings. The normalized spacial score (nSPS) is 8.00. The Balaban J connectivity index is 0. The number of benzene rings is 2. The molecule has 2 N–H and O–H groups in total. The van der Waals surface area contributed by atoms with Crippen LogP contribution in [0, 0.1) is 0 Å². The summed E-state index contributed by atoms with van der Waals surface area (Å²) in [5.74, 6) is 0. The fraction of sp³-hybridized carbons (Fsp3) is 0. The summed E-state index contributed by atoms with van der Waals surface area (Å²) in [6, 6.07) is 14.9. The Morgan fingerprint density at radius 2 is 0.667 bits per heavy atom. The Labute approximate surface area is 144 Å². The summed E-state index contributed by atoms with van der Waals surface area (Å²) in [4.78, 5) is 3.06. The molecule has 0 bridgehead atoms. The van der Waals surface area contributed by atoms with Crippen LogP contribution in [0.3, 0.4) is 0 Å². The predicted molar refractivity (Wildman–Crippen MR) is 79.0 cm³/mol. The van der Waals surface area contributed by atoms with E-state index < -0.39 is 0 Å². The minimum absolute atomic E-state index is 0. The van der Waals surface area contributed by atoms with Crippen LogP contribution in [0.25, 0.3) is 0 Å². The molecule has 0 aromatic heterocycles. The Kier molecular flexibility index (Phi) is 12.2. The van der Waals surface area contributed by atoms with E-state index in [-0.39, 0.29) is 26.5 Å². The first-order valence-corrected chi connectivity index (χ1v) is 6.10. The van der Waals surface area contributed by atoms with Gasteiger partial charge in [0.25, 0.3) is 0 Å². The maximum atomic E-state index is 4.85. The van der Waals surface area contributed by atoms with E-state index in [9.17, 15) is 0 Å². The average molecular weight is 482 g/mol. The van der Waals surface area contributed by atoms with Gasteiger partial charge in [-0.3, -0.25) is 0 Å². The van der Waals surface area contributed by atoms with Gasteiger partial charge in [-0.05, 0) is 0 Å². The molecule has 2 aromatic carbocycles. The molecule has 18 heavy (non-hydrogen) atoms. The summed E-state index contributed by atoms with van der Waals surface area (Å²) in [6.45, 7) is 0. The SMILES string of the molecule is O.[S-]c1ccccc1[S-].[S-]c1ccccc1[S-].[W]. The van der Waals surface area contributed by atoms with Crippen LogP contribution < -0.4 is 0 Å². The van der Waals surface area contributed by atoms with Crippen molar-refractivity contribution < 1.29 is 26.5 Å². The summed E-state index contributed by atoms with van der Waals surface area (Å²) < 4.78 is 0. The predicted octanol–water partition coefficient (Wildman–Crippen LogP) is 2.17. The van der Waals surface area contributed by atoms with Crippen molar-refractivity contribution in [2.24, 2.45) is 0 Å². The van der Waals surface area contributed by atoms with Crippen molar-refractivity contribution in [3.63, 3.8) is 0 Å². The molecular weight excluding hydrogens is 472 g/mol. The summed E-state index contributed by atoms with van der Waals surface area (Å²) >= 11 is 19.4. The Bertz CT molecular complexity index is 380. The van der Waals surface area contributed by atoms with Crippen LogP contribution >= 0.6 is 0 Å². The van der Waals surface area contributed by atoms with Gasteiger partial charge in [-0.2, -0.15) is 19.6 Å². The Hall–Kier alpha value is -0.0317. The molecule has 0 aliphatic carbocycles. The Morgan fingerprint density at radius 3 is 0.778 bits per heavy atom. The van der Waals surface area contributed by atoms with Gasteiger partial charge in [0, 0.05) is 21.1 Å². The van der Waals surface area contributed by atoms with Crippen molar-refractivity contribution in [1.82, 2.24) is 0 Å². The fourth-order valence-electron chi connectivity index (χ4n) is 0.900. The molecule has 6 heteroatoms. The molecule has 0 saturated carbocycles. The van der Waals surface area contributed by atoms with Crippen LogP contribution in [0.1, 0.15) is 0 Å². The minimum atomic E-state index is 0. The van der Waals surface area contributed by atoms with Crippen molar-refractivity contribution >= 4 is 50.5 Å². The second-order valence-corrected chi connectivity index (χ2v) is 4.65. The fourth-order valence-corrected chi connectivity index (χ4v) is 1.49. The van der Waals surface area contributed by atoms with Gasteiger partial charge in [0.15, 0.2) is 0 Å². The van der Waals surface area contributed by atoms with Gasteiger partial charge in [-0.1, -0.05) is 48.5 Å². The first-order chi connectivity index (χ1) is 7.61. The third-order valence-electron chi connectivity index (χ3n) is 1.70. The maximum Gasteiger partial charge on any atom is 0 e. The van der Waals surface area contributed by atoms with E-state index >= 15 is 0 Å². The van der Waals surface area contributed by atoms with E-state index in [1.54, 1.807) is 0 Å². The van der Waals surface area contributed by atoms with Crippen molar-refractivity contribution in [2.45, 2.75) is 19.6 Å². The van der Waals surface area contributed by atoms with Crippen LogP contribution in [0.2, 0.25) is 0 Å². The van der Waals surface area contributed by atoms with E-state index in [0.29, 0.717) is 0 Å². The second-order valence-electron chi connectivity index (χ2n) is 2.89. The molecule has 0 saturated heterocycles. The van der Waals surface area contributed by atoms with Gasteiger partial charge in [-0.25, -0.2) is 0 Å². The summed E-state index contributed by atoms with van der Waals surface area (Å²) in [5.41, 5.74) is 0. The van der Waals surface area contributed by atoms with Gasteiger partial charge >= 0.3 is 0 Å². The van der Waals surface area contributed by atoms with Gasteiger partial charge in [0.1, 0.15) is 0 Å². The molecule has 98 valence electrons. The summed E-state index contributed by atoms with van der Waals surface area (Å²) in [5, 5.41) is 0. The first-order valence-electron chi connectivity index (χ1n) is 4.47. The van der Waals surface area contributed by atoms with Crippen LogP contribution in [0.5, 0.6) is 0 Å². The Morgan fingerprint density at radius 1 is 0.500 bits per heavy atom. The zero-order valence-corrected chi connectivity index (χ0v) is 15.4. The van der Waals surface area contributed by atoms with E-state index in [1.165, 1.54) is 0 Å². The summed E-state index contributed by atoms with van der Waals surface area (Å²) in [6.07, 6.45) is 0. The van der Waals surface area contributed by atoms with Crippen LogP contribution in [0.4, 0.5) is 0 Å². The smallest absolute Gasteiger partial charge is 0 e. The molecule has 0 spiro atoms. The van der Waals surface area contributed by atoms with E-state index in [0.717, 1.165) is 19.6 Å². The number of hydrogen-bond acceptors (Lipinski definition) is 4. The molecule has 0 fully saturated rings. The quantitative estimate of drug-likeness (QED) is 0.539. The van der Waals surface area contributed by atoms with Crippen LogP contribution in [-0.2, 0) is 71.6 Å². The third kappa shape index (κ3) is 7.41. The van der Waals surface area contributed by atoms with E-state index in [4.69, 9.17) is 50.5 Å². The zero-order chi connectivity index (χ0) is 12.0. The minimum Gasteiger partial charge on any atom is -0.781 e. The number of hydrogen-bond donors (Lipinski definition) is 0. The zero-order valence-electron chi connectivity index (χ0n) is 9.16. The molecule has 0 radical (unpaired) electrons. The average Bonchev–Trinajstić information content (AvgIpc) is 2.28. The van der Waals surface area contributed by atoms with Crippen molar-refractivity contribution in [3.8, 4) is 0 Å². The van der Waals surface area contributed by atoms with Gasteiger partial charge in [0.05, 0.1) is 0 Å². The van der Waals surface area contributed by atoms with Gasteiger partial charge in [0.2, 0.25) is 0 Å².